The van der Waals surface area contributed by atoms with Gasteiger partial charge in [0.05, 0.1) is 11.1 Å². The van der Waals surface area contributed by atoms with Gasteiger partial charge in [0.1, 0.15) is 5.84 Å². The van der Waals surface area contributed by atoms with Crippen LogP contribution in [0.15, 0.2) is 39.6 Å². The molecule has 4 rings (SSSR count). The van der Waals surface area contributed by atoms with E-state index in [1.165, 1.54) is 80.8 Å². The Labute approximate surface area is 158 Å². The first-order valence-corrected chi connectivity index (χ1v) is 10.5. The molecule has 1 spiro atoms. The summed E-state index contributed by atoms with van der Waals surface area (Å²) in [6, 6.07) is 0. The lowest BCUT2D eigenvalue weighted by Crippen LogP contribution is -2.43. The SMILES string of the molecule is CNC1=NC2=C(CC=C(C)C(CNCCCN3CCCC3)=C2)C12CCC2. The highest BCUT2D eigenvalue weighted by Crippen LogP contribution is 2.54. The van der Waals surface area contributed by atoms with Gasteiger partial charge in [-0.25, -0.2) is 4.99 Å². The molecule has 0 aromatic carbocycles. The molecule has 26 heavy (non-hydrogen) atoms. The second-order valence-electron chi connectivity index (χ2n) is 8.35. The van der Waals surface area contributed by atoms with Gasteiger partial charge in [-0.2, -0.15) is 0 Å². The van der Waals surface area contributed by atoms with Crippen LogP contribution in [-0.4, -0.2) is 50.5 Å². The molecular formula is C22H34N4. The largest absolute Gasteiger partial charge is 0.376 e. The third-order valence-electron chi connectivity index (χ3n) is 6.79. The fourth-order valence-corrected chi connectivity index (χ4v) is 4.98. The van der Waals surface area contributed by atoms with Gasteiger partial charge in [-0.15, -0.1) is 0 Å². The zero-order valence-electron chi connectivity index (χ0n) is 16.5. The number of amidine groups is 1. The Morgan fingerprint density at radius 1 is 1.19 bits per heavy atom. The van der Waals surface area contributed by atoms with Crippen LogP contribution < -0.4 is 10.6 Å². The zero-order valence-corrected chi connectivity index (χ0v) is 16.5. The predicted octanol–water partition coefficient (Wildman–Crippen LogP) is 3.39. The predicted molar refractivity (Wildman–Crippen MR) is 109 cm³/mol. The smallest absolute Gasteiger partial charge is 0.112 e. The van der Waals surface area contributed by atoms with E-state index < -0.39 is 0 Å². The lowest BCUT2D eigenvalue weighted by molar-refractivity contribution is 0.280. The van der Waals surface area contributed by atoms with Gasteiger partial charge in [0.15, 0.2) is 0 Å². The molecule has 0 amide bonds. The summed E-state index contributed by atoms with van der Waals surface area (Å²) in [5, 5.41) is 7.05. The number of rotatable bonds is 6. The van der Waals surface area contributed by atoms with Gasteiger partial charge in [-0.05, 0) is 88.8 Å². The van der Waals surface area contributed by atoms with Crippen molar-refractivity contribution in [3.8, 4) is 0 Å². The first-order valence-electron chi connectivity index (χ1n) is 10.5. The molecule has 2 aliphatic heterocycles. The number of hydrogen-bond donors (Lipinski definition) is 2. The van der Waals surface area contributed by atoms with E-state index in [0.717, 1.165) is 19.5 Å². The van der Waals surface area contributed by atoms with E-state index >= 15 is 0 Å². The summed E-state index contributed by atoms with van der Waals surface area (Å²) >= 11 is 0. The van der Waals surface area contributed by atoms with Crippen LogP contribution in [0.1, 0.15) is 51.9 Å². The molecule has 4 heteroatoms. The third kappa shape index (κ3) is 3.29. The molecule has 0 aromatic heterocycles. The summed E-state index contributed by atoms with van der Waals surface area (Å²) in [7, 11) is 2.03. The Hall–Kier alpha value is -1.39. The van der Waals surface area contributed by atoms with Crippen LogP contribution in [0.5, 0.6) is 0 Å². The molecule has 0 bridgehead atoms. The fraction of sp³-hybridized carbons (Fsp3) is 0.682. The Morgan fingerprint density at radius 2 is 2.00 bits per heavy atom. The van der Waals surface area contributed by atoms with Gasteiger partial charge in [0, 0.05) is 13.6 Å². The molecule has 2 fully saturated rings. The van der Waals surface area contributed by atoms with Crippen molar-refractivity contribution < 1.29 is 0 Å². The topological polar surface area (TPSA) is 39.7 Å². The van der Waals surface area contributed by atoms with E-state index in [2.05, 4.69) is 34.6 Å². The maximum atomic E-state index is 4.99. The number of fused-ring (bicyclic) bond motifs is 1. The van der Waals surface area contributed by atoms with Gasteiger partial charge in [-0.3, -0.25) is 0 Å². The molecule has 2 N–H and O–H groups in total. The van der Waals surface area contributed by atoms with Crippen molar-refractivity contribution in [1.29, 1.82) is 0 Å². The van der Waals surface area contributed by atoms with Gasteiger partial charge >= 0.3 is 0 Å². The van der Waals surface area contributed by atoms with Crippen LogP contribution in [0.4, 0.5) is 0 Å². The number of nitrogens with zero attached hydrogens (tertiary/aromatic N) is 2. The molecule has 0 radical (unpaired) electrons. The van der Waals surface area contributed by atoms with Crippen LogP contribution in [0.2, 0.25) is 0 Å². The average molecular weight is 355 g/mol. The summed E-state index contributed by atoms with van der Waals surface area (Å²) in [4.78, 5) is 7.58. The Balaban J connectivity index is 1.37. The normalized spacial score (nSPS) is 24.8. The Bertz CT molecular complexity index is 658. The highest BCUT2D eigenvalue weighted by Gasteiger charge is 2.48. The molecule has 1 saturated heterocycles. The Morgan fingerprint density at radius 3 is 2.69 bits per heavy atom. The summed E-state index contributed by atoms with van der Waals surface area (Å²) in [5.74, 6) is 1.20. The van der Waals surface area contributed by atoms with Gasteiger partial charge in [-0.1, -0.05) is 18.1 Å². The highest BCUT2D eigenvalue weighted by molar-refractivity contribution is 5.96. The summed E-state index contributed by atoms with van der Waals surface area (Å²) in [6.07, 6.45) is 13.7. The standard InChI is InChI=1S/C22H34N4/c1-17-7-8-19-20(25-21(23-2)22(19)9-5-10-22)15-18(17)16-24-11-6-14-26-12-3-4-13-26/h7,15,24H,3-6,8-14,16H2,1-2H3,(H,23,25). The van der Waals surface area contributed by atoms with Crippen LogP contribution >= 0.6 is 0 Å². The lowest BCUT2D eigenvalue weighted by atomic mass is 9.63. The van der Waals surface area contributed by atoms with Crippen molar-refractivity contribution in [2.75, 3.05) is 39.8 Å². The molecule has 4 aliphatic rings. The van der Waals surface area contributed by atoms with E-state index in [4.69, 9.17) is 4.99 Å². The third-order valence-corrected chi connectivity index (χ3v) is 6.79. The second-order valence-corrected chi connectivity index (χ2v) is 8.35. The van der Waals surface area contributed by atoms with E-state index in [9.17, 15) is 0 Å². The van der Waals surface area contributed by atoms with Crippen molar-refractivity contribution in [2.24, 2.45) is 10.4 Å². The minimum absolute atomic E-state index is 0.232. The molecule has 142 valence electrons. The zero-order chi connectivity index (χ0) is 18.0. The summed E-state index contributed by atoms with van der Waals surface area (Å²) in [5.41, 5.74) is 5.84. The van der Waals surface area contributed by atoms with Crippen LogP contribution in [0.3, 0.4) is 0 Å². The summed E-state index contributed by atoms with van der Waals surface area (Å²) in [6.45, 7) is 8.16. The molecule has 0 atom stereocenters. The number of nitrogens with one attached hydrogen (secondary N) is 2. The van der Waals surface area contributed by atoms with Gasteiger partial charge in [0.25, 0.3) is 0 Å². The molecule has 1 saturated carbocycles. The second kappa shape index (κ2) is 7.69. The fourth-order valence-electron chi connectivity index (χ4n) is 4.98. The van der Waals surface area contributed by atoms with Crippen LogP contribution in [-0.2, 0) is 0 Å². The highest BCUT2D eigenvalue weighted by atomic mass is 15.1. The maximum Gasteiger partial charge on any atom is 0.112 e. The van der Waals surface area contributed by atoms with Gasteiger partial charge in [0.2, 0.25) is 0 Å². The Kier molecular flexibility index (Phi) is 5.32. The minimum atomic E-state index is 0.232. The quantitative estimate of drug-likeness (QED) is 0.718. The van der Waals surface area contributed by atoms with Gasteiger partial charge < -0.3 is 15.5 Å². The van der Waals surface area contributed by atoms with E-state index in [-0.39, 0.29) is 5.41 Å². The lowest BCUT2D eigenvalue weighted by Gasteiger charge is -2.41. The summed E-state index contributed by atoms with van der Waals surface area (Å²) < 4.78 is 0. The van der Waals surface area contributed by atoms with Crippen molar-refractivity contribution in [3.63, 3.8) is 0 Å². The van der Waals surface area contributed by atoms with E-state index in [0.29, 0.717) is 0 Å². The number of aliphatic imine (C=N–C) groups is 1. The maximum absolute atomic E-state index is 4.99. The monoisotopic (exact) mass is 354 g/mol. The molecular weight excluding hydrogens is 320 g/mol. The number of likely N-dealkylation sites (tertiary alicyclic amines) is 1. The average Bonchev–Trinajstić information content (AvgIpc) is 3.19. The first-order chi connectivity index (χ1) is 12.7. The van der Waals surface area contributed by atoms with Crippen LogP contribution in [0.25, 0.3) is 0 Å². The van der Waals surface area contributed by atoms with E-state index in [1.807, 2.05) is 7.05 Å². The number of allylic oxidation sites excluding steroid dienone is 2. The molecule has 4 nitrogen and oxygen atoms in total. The first kappa shape index (κ1) is 18.0. The molecule has 0 aromatic rings. The van der Waals surface area contributed by atoms with E-state index in [1.54, 1.807) is 5.57 Å². The van der Waals surface area contributed by atoms with Crippen molar-refractivity contribution in [2.45, 2.75) is 51.9 Å². The van der Waals surface area contributed by atoms with Crippen molar-refractivity contribution >= 4 is 5.84 Å². The van der Waals surface area contributed by atoms with Crippen molar-refractivity contribution in [1.82, 2.24) is 15.5 Å². The van der Waals surface area contributed by atoms with Crippen molar-refractivity contribution in [3.05, 3.63) is 34.6 Å². The molecule has 0 unspecified atom stereocenters. The minimum Gasteiger partial charge on any atom is -0.376 e. The molecule has 2 heterocycles. The molecule has 2 aliphatic carbocycles. The number of hydrogen-bond acceptors (Lipinski definition) is 4. The van der Waals surface area contributed by atoms with Crippen LogP contribution in [0, 0.1) is 5.41 Å².